The van der Waals surface area contributed by atoms with E-state index in [1.165, 1.54) is 11.5 Å². The zero-order valence-electron chi connectivity index (χ0n) is 6.14. The average molecular weight is 158 g/mol. The fourth-order valence-electron chi connectivity index (χ4n) is 0.604. The Hall–Kier alpha value is -0.530. The monoisotopic (exact) mass is 158 g/mol. The Morgan fingerprint density at radius 3 is 1.60 bits per heavy atom. The molecule has 0 saturated carbocycles. The second-order valence-electron chi connectivity index (χ2n) is 2.14. The zero-order valence-corrected chi connectivity index (χ0v) is 6.96. The molecule has 0 atom stereocenters. The van der Waals surface area contributed by atoms with E-state index >= 15 is 0 Å². The van der Waals surface area contributed by atoms with Crippen LogP contribution in [0.3, 0.4) is 0 Å². The summed E-state index contributed by atoms with van der Waals surface area (Å²) in [5.41, 5.74) is 3.18. The van der Waals surface area contributed by atoms with Crippen LogP contribution in [0.15, 0.2) is 11.1 Å². The summed E-state index contributed by atoms with van der Waals surface area (Å²) < 4.78 is 0. The van der Waals surface area contributed by atoms with Gasteiger partial charge in [0.15, 0.2) is 0 Å². The third-order valence-electron chi connectivity index (χ3n) is 1.37. The number of carbonyl (C=O) groups excluding carboxylic acids is 2. The largest absolute Gasteiger partial charge is 0.373 e. The smallest absolute Gasteiger partial charge is 0.186 e. The molecule has 3 heteroatoms. The number of hydrogen-bond acceptors (Lipinski definition) is 3. The Bertz CT molecular complexity index is 154. The normalized spacial score (nSPS) is 15.8. The van der Waals surface area contributed by atoms with Gasteiger partial charge in [0.2, 0.25) is 0 Å². The summed E-state index contributed by atoms with van der Waals surface area (Å²) in [5.74, 6) is 2.54. The predicted octanol–water partition coefficient (Wildman–Crippen LogP) is 1.49. The van der Waals surface area contributed by atoms with Gasteiger partial charge in [0.25, 0.3) is 0 Å². The van der Waals surface area contributed by atoms with E-state index in [-0.39, 0.29) is 6.15 Å². The van der Waals surface area contributed by atoms with E-state index in [1.54, 1.807) is 11.1 Å². The van der Waals surface area contributed by atoms with Gasteiger partial charge < -0.3 is 0 Å². The molecule has 10 heavy (non-hydrogen) atoms. The highest BCUT2D eigenvalue weighted by molar-refractivity contribution is 7.99. The van der Waals surface area contributed by atoms with E-state index in [4.69, 9.17) is 9.59 Å². The molecule has 0 N–H and O–H groups in total. The van der Waals surface area contributed by atoms with Crippen molar-refractivity contribution in [1.82, 2.24) is 0 Å². The van der Waals surface area contributed by atoms with Gasteiger partial charge in [0.05, 0.1) is 0 Å². The molecule has 0 fully saturated rings. The van der Waals surface area contributed by atoms with Gasteiger partial charge in [-0.15, -0.1) is 0 Å². The molecular weight excluding hydrogens is 148 g/mol. The lowest BCUT2D eigenvalue weighted by Gasteiger charge is -1.86. The van der Waals surface area contributed by atoms with Gasteiger partial charge in [-0.05, 0) is 13.8 Å². The van der Waals surface area contributed by atoms with Crippen molar-refractivity contribution < 1.29 is 9.59 Å². The highest BCUT2D eigenvalue weighted by Gasteiger charge is 2.04. The van der Waals surface area contributed by atoms with Crippen LogP contribution in [0.4, 0.5) is 0 Å². The molecular formula is C7H10O2S. The molecule has 0 amide bonds. The van der Waals surface area contributed by atoms with Crippen LogP contribution in [-0.4, -0.2) is 17.7 Å². The quantitative estimate of drug-likeness (QED) is 0.501. The molecule has 0 unspecified atom stereocenters. The topological polar surface area (TPSA) is 34.1 Å². The molecule has 0 aromatic carbocycles. The van der Waals surface area contributed by atoms with Crippen LogP contribution in [-0.2, 0) is 9.59 Å². The Kier molecular flexibility index (Phi) is 4.99. The van der Waals surface area contributed by atoms with Crippen LogP contribution in [0.25, 0.3) is 0 Å². The minimum absolute atomic E-state index is 0.250. The van der Waals surface area contributed by atoms with E-state index in [0.717, 1.165) is 0 Å². The highest BCUT2D eigenvalue weighted by atomic mass is 32.2. The lowest BCUT2D eigenvalue weighted by Crippen LogP contribution is -1.74. The fraction of sp³-hybridized carbons (Fsp3) is 0.571. The van der Waals surface area contributed by atoms with Crippen molar-refractivity contribution in [2.45, 2.75) is 13.8 Å². The lowest BCUT2D eigenvalue weighted by atomic mass is 10.2. The lowest BCUT2D eigenvalue weighted by molar-refractivity contribution is -0.191. The first kappa shape index (κ1) is 9.47. The Balaban J connectivity index is 0.000000236. The van der Waals surface area contributed by atoms with Gasteiger partial charge in [-0.1, -0.05) is 11.1 Å². The van der Waals surface area contributed by atoms with Gasteiger partial charge in [-0.3, -0.25) is 0 Å². The number of thioether (sulfide) groups is 1. The van der Waals surface area contributed by atoms with Crippen LogP contribution in [0.5, 0.6) is 0 Å². The second kappa shape index (κ2) is 5.27. The van der Waals surface area contributed by atoms with Crippen molar-refractivity contribution in [2.75, 3.05) is 11.5 Å². The van der Waals surface area contributed by atoms with E-state index in [9.17, 15) is 0 Å². The summed E-state index contributed by atoms with van der Waals surface area (Å²) >= 11 is 2.02. The maximum absolute atomic E-state index is 8.12. The van der Waals surface area contributed by atoms with Gasteiger partial charge in [-0.25, -0.2) is 0 Å². The molecule has 0 saturated heterocycles. The third-order valence-corrected chi connectivity index (χ3v) is 2.64. The van der Waals surface area contributed by atoms with E-state index in [0.29, 0.717) is 0 Å². The highest BCUT2D eigenvalue weighted by Crippen LogP contribution is 2.22. The summed E-state index contributed by atoms with van der Waals surface area (Å²) in [6.07, 6.45) is 0.250. The SMILES string of the molecule is CC1=C(C)CSC1.O=C=O. The summed E-state index contributed by atoms with van der Waals surface area (Å²) in [4.78, 5) is 16.2. The standard InChI is InChI=1S/C6H10S.CO2/c1-5-3-7-4-6(5)2;2-1-3/h3-4H2,1-2H3;. The van der Waals surface area contributed by atoms with Gasteiger partial charge in [-0.2, -0.15) is 21.4 Å². The minimum Gasteiger partial charge on any atom is -0.186 e. The molecule has 0 bridgehead atoms. The second-order valence-corrected chi connectivity index (χ2v) is 3.12. The molecule has 2 nitrogen and oxygen atoms in total. The molecule has 1 aliphatic rings. The maximum Gasteiger partial charge on any atom is 0.373 e. The van der Waals surface area contributed by atoms with Gasteiger partial charge in [0, 0.05) is 11.5 Å². The molecule has 0 spiro atoms. The zero-order chi connectivity index (χ0) is 7.98. The molecule has 56 valence electrons. The number of hydrogen-bond donors (Lipinski definition) is 0. The first-order chi connectivity index (χ1) is 4.72. The minimum atomic E-state index is 0.250. The van der Waals surface area contributed by atoms with E-state index in [2.05, 4.69) is 13.8 Å². The number of rotatable bonds is 0. The maximum atomic E-state index is 8.12. The van der Waals surface area contributed by atoms with Crippen LogP contribution in [0.1, 0.15) is 13.8 Å². The van der Waals surface area contributed by atoms with Crippen LogP contribution in [0.2, 0.25) is 0 Å². The average Bonchev–Trinajstić information content (AvgIpc) is 2.19. The molecule has 0 aromatic heterocycles. The molecule has 1 heterocycles. The summed E-state index contributed by atoms with van der Waals surface area (Å²) in [6.45, 7) is 4.44. The predicted molar refractivity (Wildman–Crippen MR) is 40.7 cm³/mol. The van der Waals surface area contributed by atoms with Crippen molar-refractivity contribution in [3.05, 3.63) is 11.1 Å². The Labute approximate surface area is 64.7 Å². The molecule has 0 aliphatic carbocycles. The van der Waals surface area contributed by atoms with Crippen molar-refractivity contribution >= 4 is 17.9 Å². The molecule has 1 aliphatic heterocycles. The van der Waals surface area contributed by atoms with Crippen molar-refractivity contribution in [1.29, 1.82) is 0 Å². The molecule has 0 aromatic rings. The van der Waals surface area contributed by atoms with Gasteiger partial charge in [0.1, 0.15) is 0 Å². The van der Waals surface area contributed by atoms with Crippen LogP contribution >= 0.6 is 11.8 Å². The van der Waals surface area contributed by atoms with Crippen molar-refractivity contribution in [3.8, 4) is 0 Å². The molecule has 0 radical (unpaired) electrons. The summed E-state index contributed by atoms with van der Waals surface area (Å²) in [7, 11) is 0. The van der Waals surface area contributed by atoms with Crippen LogP contribution in [0, 0.1) is 0 Å². The molecule has 1 rings (SSSR count). The van der Waals surface area contributed by atoms with E-state index in [1.807, 2.05) is 11.8 Å². The first-order valence-corrected chi connectivity index (χ1v) is 4.10. The summed E-state index contributed by atoms with van der Waals surface area (Å²) in [5, 5.41) is 0. The van der Waals surface area contributed by atoms with Crippen LogP contribution < -0.4 is 0 Å². The van der Waals surface area contributed by atoms with E-state index < -0.39 is 0 Å². The Morgan fingerprint density at radius 1 is 1.20 bits per heavy atom. The van der Waals surface area contributed by atoms with Gasteiger partial charge >= 0.3 is 6.15 Å². The Morgan fingerprint density at radius 2 is 1.50 bits per heavy atom. The fourth-order valence-corrected chi connectivity index (χ4v) is 1.81. The first-order valence-electron chi connectivity index (χ1n) is 2.94. The van der Waals surface area contributed by atoms with Crippen molar-refractivity contribution in [2.24, 2.45) is 0 Å². The summed E-state index contributed by atoms with van der Waals surface area (Å²) in [6, 6.07) is 0. The third kappa shape index (κ3) is 3.49. The van der Waals surface area contributed by atoms with Crippen molar-refractivity contribution in [3.63, 3.8) is 0 Å².